The molecular formula is C16H26N2O4S. The molecule has 1 aromatic rings. The zero-order valence-electron chi connectivity index (χ0n) is 14.0. The Bertz CT molecular complexity index is 613. The average Bonchev–Trinajstić information content (AvgIpc) is 2.59. The van der Waals surface area contributed by atoms with Gasteiger partial charge in [0.2, 0.25) is 10.0 Å². The van der Waals surface area contributed by atoms with Crippen molar-refractivity contribution >= 4 is 10.0 Å². The van der Waals surface area contributed by atoms with Crippen LogP contribution < -0.4 is 14.2 Å². The lowest BCUT2D eigenvalue weighted by molar-refractivity contribution is 0.175. The van der Waals surface area contributed by atoms with Gasteiger partial charge in [0.05, 0.1) is 14.2 Å². The van der Waals surface area contributed by atoms with E-state index in [2.05, 4.69) is 16.5 Å². The molecule has 0 aliphatic carbocycles. The van der Waals surface area contributed by atoms with Gasteiger partial charge in [0, 0.05) is 18.7 Å². The fourth-order valence-electron chi connectivity index (χ4n) is 2.79. The number of methoxy groups -OCH3 is 2. The summed E-state index contributed by atoms with van der Waals surface area (Å²) in [5.74, 6) is 0.791. The van der Waals surface area contributed by atoms with Crippen molar-refractivity contribution in [2.75, 3.05) is 33.9 Å². The van der Waals surface area contributed by atoms with Gasteiger partial charge in [-0.15, -0.1) is 0 Å². The molecule has 130 valence electrons. The van der Waals surface area contributed by atoms with Gasteiger partial charge in [0.25, 0.3) is 0 Å². The molecule has 0 bridgehead atoms. The second kappa shape index (κ2) is 7.99. The monoisotopic (exact) mass is 342 g/mol. The largest absolute Gasteiger partial charge is 0.497 e. The number of ether oxygens (including phenoxy) is 2. The molecule has 1 N–H and O–H groups in total. The topological polar surface area (TPSA) is 67.9 Å². The van der Waals surface area contributed by atoms with E-state index >= 15 is 0 Å². The van der Waals surface area contributed by atoms with E-state index in [4.69, 9.17) is 9.47 Å². The fourth-order valence-corrected chi connectivity index (χ4v) is 4.09. The molecule has 0 saturated carbocycles. The van der Waals surface area contributed by atoms with Crippen molar-refractivity contribution in [1.82, 2.24) is 9.62 Å². The van der Waals surface area contributed by atoms with Gasteiger partial charge in [-0.1, -0.05) is 6.42 Å². The summed E-state index contributed by atoms with van der Waals surface area (Å²) < 4.78 is 38.2. The average molecular weight is 342 g/mol. The molecule has 0 spiro atoms. The predicted molar refractivity (Wildman–Crippen MR) is 89.6 cm³/mol. The maximum Gasteiger partial charge on any atom is 0.244 e. The molecule has 1 saturated heterocycles. The molecule has 1 aromatic carbocycles. The lowest BCUT2D eigenvalue weighted by Gasteiger charge is -2.32. The number of nitrogens with zero attached hydrogens (tertiary/aromatic N) is 1. The summed E-state index contributed by atoms with van der Waals surface area (Å²) in [6.45, 7) is 4.50. The zero-order valence-corrected chi connectivity index (χ0v) is 14.9. The number of benzene rings is 1. The highest BCUT2D eigenvalue weighted by Gasteiger charge is 2.23. The van der Waals surface area contributed by atoms with Crippen LogP contribution in [0.1, 0.15) is 26.2 Å². The van der Waals surface area contributed by atoms with Crippen molar-refractivity contribution in [2.24, 2.45) is 0 Å². The highest BCUT2D eigenvalue weighted by atomic mass is 32.2. The minimum atomic E-state index is -3.65. The van der Waals surface area contributed by atoms with E-state index in [0.29, 0.717) is 18.0 Å². The van der Waals surface area contributed by atoms with Crippen LogP contribution in [-0.2, 0) is 10.0 Å². The minimum absolute atomic E-state index is 0.102. The number of sulfonamides is 1. The maximum absolute atomic E-state index is 12.6. The van der Waals surface area contributed by atoms with Crippen molar-refractivity contribution in [3.8, 4) is 11.5 Å². The van der Waals surface area contributed by atoms with Crippen molar-refractivity contribution in [3.63, 3.8) is 0 Å². The fraction of sp³-hybridized carbons (Fsp3) is 0.625. The van der Waals surface area contributed by atoms with Gasteiger partial charge in [-0.2, -0.15) is 0 Å². The molecule has 0 aromatic heterocycles. The molecule has 7 heteroatoms. The first-order chi connectivity index (χ1) is 11.0. The van der Waals surface area contributed by atoms with Crippen molar-refractivity contribution < 1.29 is 17.9 Å². The van der Waals surface area contributed by atoms with E-state index in [1.807, 2.05) is 0 Å². The summed E-state index contributed by atoms with van der Waals surface area (Å²) in [5.41, 5.74) is 0. The Morgan fingerprint density at radius 1 is 1.17 bits per heavy atom. The van der Waals surface area contributed by atoms with E-state index in [9.17, 15) is 8.42 Å². The van der Waals surface area contributed by atoms with Crippen molar-refractivity contribution in [2.45, 2.75) is 37.1 Å². The normalized spacial score (nSPS) is 17.7. The Morgan fingerprint density at radius 2 is 1.87 bits per heavy atom. The summed E-state index contributed by atoms with van der Waals surface area (Å²) in [4.78, 5) is 2.43. The smallest absolute Gasteiger partial charge is 0.244 e. The van der Waals surface area contributed by atoms with E-state index in [1.54, 1.807) is 12.1 Å². The molecule has 23 heavy (non-hydrogen) atoms. The second-order valence-electron chi connectivity index (χ2n) is 5.81. The molecule has 0 amide bonds. The first-order valence-corrected chi connectivity index (χ1v) is 9.42. The van der Waals surface area contributed by atoms with Crippen LogP contribution in [0.15, 0.2) is 23.1 Å². The number of rotatable bonds is 7. The third kappa shape index (κ3) is 4.59. The van der Waals surface area contributed by atoms with Crippen LogP contribution in [0.4, 0.5) is 0 Å². The number of hydrogen-bond donors (Lipinski definition) is 1. The van der Waals surface area contributed by atoms with Gasteiger partial charge in [-0.05, 0) is 45.0 Å². The summed E-state index contributed by atoms with van der Waals surface area (Å²) >= 11 is 0. The van der Waals surface area contributed by atoms with Gasteiger partial charge in [0.1, 0.15) is 16.4 Å². The van der Waals surface area contributed by atoms with Crippen LogP contribution in [-0.4, -0.2) is 53.2 Å². The molecule has 1 aliphatic rings. The van der Waals surface area contributed by atoms with Crippen molar-refractivity contribution in [1.29, 1.82) is 0 Å². The van der Waals surface area contributed by atoms with Crippen LogP contribution in [0.25, 0.3) is 0 Å². The summed E-state index contributed by atoms with van der Waals surface area (Å²) in [6, 6.07) is 4.92. The van der Waals surface area contributed by atoms with E-state index < -0.39 is 10.0 Å². The lowest BCUT2D eigenvalue weighted by Crippen LogP contribution is -2.44. The van der Waals surface area contributed by atoms with Gasteiger partial charge in [0.15, 0.2) is 0 Å². The van der Waals surface area contributed by atoms with Crippen LogP contribution >= 0.6 is 0 Å². The Morgan fingerprint density at radius 3 is 2.48 bits per heavy atom. The number of piperidine rings is 1. The summed E-state index contributed by atoms with van der Waals surface area (Å²) in [6.07, 6.45) is 3.62. The van der Waals surface area contributed by atoms with Gasteiger partial charge in [-0.25, -0.2) is 13.1 Å². The molecule has 1 fully saturated rings. The van der Waals surface area contributed by atoms with Crippen LogP contribution in [0, 0.1) is 0 Å². The highest BCUT2D eigenvalue weighted by molar-refractivity contribution is 7.89. The molecule has 1 heterocycles. The van der Waals surface area contributed by atoms with Crippen LogP contribution in [0.2, 0.25) is 0 Å². The Labute approximate surface area is 138 Å². The molecule has 2 rings (SSSR count). The first-order valence-electron chi connectivity index (χ1n) is 7.93. The Kier molecular flexibility index (Phi) is 6.26. The molecular weight excluding hydrogens is 316 g/mol. The number of nitrogens with one attached hydrogen (secondary N) is 1. The molecule has 1 unspecified atom stereocenters. The zero-order chi connectivity index (χ0) is 16.9. The standard InChI is InChI=1S/C16H26N2O4S/c1-13(18-9-5-4-6-10-18)12-17-23(19,20)16-11-14(21-2)7-8-15(16)22-3/h7-8,11,13,17H,4-6,9-10,12H2,1-3H3. The number of hydrogen-bond acceptors (Lipinski definition) is 5. The predicted octanol–water partition coefficient (Wildman–Crippen LogP) is 1.86. The molecule has 1 atom stereocenters. The second-order valence-corrected chi connectivity index (χ2v) is 7.55. The highest BCUT2D eigenvalue weighted by Crippen LogP contribution is 2.28. The van der Waals surface area contributed by atoms with Gasteiger partial charge >= 0.3 is 0 Å². The Balaban J connectivity index is 2.09. The van der Waals surface area contributed by atoms with Gasteiger partial charge in [-0.3, -0.25) is 4.90 Å². The van der Waals surface area contributed by atoms with Crippen LogP contribution in [0.3, 0.4) is 0 Å². The quantitative estimate of drug-likeness (QED) is 0.819. The minimum Gasteiger partial charge on any atom is -0.497 e. The summed E-state index contributed by atoms with van der Waals surface area (Å²) in [5, 5.41) is 0. The SMILES string of the molecule is COc1ccc(OC)c(S(=O)(=O)NCC(C)N2CCCCC2)c1. The molecule has 6 nitrogen and oxygen atoms in total. The third-order valence-corrected chi connectivity index (χ3v) is 5.69. The number of likely N-dealkylation sites (tertiary alicyclic amines) is 1. The van der Waals surface area contributed by atoms with Gasteiger partial charge < -0.3 is 9.47 Å². The molecule has 1 aliphatic heterocycles. The van der Waals surface area contributed by atoms with Crippen molar-refractivity contribution in [3.05, 3.63) is 18.2 Å². The van der Waals surface area contributed by atoms with E-state index in [-0.39, 0.29) is 10.9 Å². The Hall–Kier alpha value is -1.31. The van der Waals surface area contributed by atoms with Crippen LogP contribution in [0.5, 0.6) is 11.5 Å². The lowest BCUT2D eigenvalue weighted by atomic mass is 10.1. The third-order valence-electron chi connectivity index (χ3n) is 4.24. The van der Waals surface area contributed by atoms with E-state index in [0.717, 1.165) is 13.1 Å². The summed E-state index contributed by atoms with van der Waals surface area (Å²) in [7, 11) is -0.691. The maximum atomic E-state index is 12.6. The first kappa shape index (κ1) is 18.0. The molecule has 0 radical (unpaired) electrons. The van der Waals surface area contributed by atoms with E-state index in [1.165, 1.54) is 39.5 Å².